The molecule has 0 spiro atoms. The number of aromatic nitrogens is 3. The summed E-state index contributed by atoms with van der Waals surface area (Å²) in [6, 6.07) is 2.72. The molecule has 1 atom stereocenters. The van der Waals surface area contributed by atoms with Crippen LogP contribution in [0.1, 0.15) is 19.5 Å². The van der Waals surface area contributed by atoms with Crippen molar-refractivity contribution >= 4 is 29.4 Å². The molecule has 2 aromatic heterocycles. The van der Waals surface area contributed by atoms with Crippen molar-refractivity contribution in [2.45, 2.75) is 26.3 Å². The molecule has 3 rings (SSSR count). The van der Waals surface area contributed by atoms with E-state index in [9.17, 15) is 14.0 Å². The number of amides is 2. The van der Waals surface area contributed by atoms with Gasteiger partial charge in [-0.3, -0.25) is 14.7 Å². The number of urea groups is 1. The zero-order valence-electron chi connectivity index (χ0n) is 15.0. The fourth-order valence-corrected chi connectivity index (χ4v) is 3.20. The SMILES string of the molecule is CC(C)[C@H]1CN(c2ncc(F)cn2)C(=O)N1CC(=O)Cc1cc(Cl)ccn1. The first-order valence-electron chi connectivity index (χ1n) is 8.53. The quantitative estimate of drug-likeness (QED) is 0.756. The molecule has 7 nitrogen and oxygen atoms in total. The zero-order valence-corrected chi connectivity index (χ0v) is 15.7. The number of hydrogen-bond acceptors (Lipinski definition) is 5. The minimum Gasteiger partial charge on any atom is -0.312 e. The molecule has 2 amide bonds. The van der Waals surface area contributed by atoms with Crippen LogP contribution in [0.4, 0.5) is 15.1 Å². The van der Waals surface area contributed by atoms with E-state index in [0.717, 1.165) is 12.4 Å². The predicted molar refractivity (Wildman–Crippen MR) is 98.0 cm³/mol. The number of ketones is 1. The van der Waals surface area contributed by atoms with Crippen LogP contribution in [0.15, 0.2) is 30.7 Å². The molecular weight excluding hydrogens is 373 g/mol. The van der Waals surface area contributed by atoms with Crippen LogP contribution in [0.25, 0.3) is 0 Å². The topological polar surface area (TPSA) is 79.3 Å². The highest BCUT2D eigenvalue weighted by molar-refractivity contribution is 6.30. The molecule has 3 heterocycles. The molecule has 1 saturated heterocycles. The molecule has 0 aliphatic carbocycles. The van der Waals surface area contributed by atoms with Gasteiger partial charge in [0.05, 0.1) is 37.9 Å². The summed E-state index contributed by atoms with van der Waals surface area (Å²) in [4.78, 5) is 40.1. The third-order valence-electron chi connectivity index (χ3n) is 4.37. The Labute approximate surface area is 161 Å². The van der Waals surface area contributed by atoms with Gasteiger partial charge in [-0.25, -0.2) is 19.2 Å². The van der Waals surface area contributed by atoms with Crippen molar-refractivity contribution in [2.24, 2.45) is 5.92 Å². The molecular formula is C18H19ClFN5O2. The summed E-state index contributed by atoms with van der Waals surface area (Å²) in [7, 11) is 0. The van der Waals surface area contributed by atoms with E-state index in [2.05, 4.69) is 15.0 Å². The Morgan fingerprint density at radius 1 is 1.33 bits per heavy atom. The van der Waals surface area contributed by atoms with Crippen molar-refractivity contribution in [1.82, 2.24) is 19.9 Å². The highest BCUT2D eigenvalue weighted by Crippen LogP contribution is 2.25. The number of Topliss-reactive ketones (excluding diaryl/α,β-unsaturated/α-hetero) is 1. The van der Waals surface area contributed by atoms with Gasteiger partial charge >= 0.3 is 6.03 Å². The van der Waals surface area contributed by atoms with E-state index in [-0.39, 0.29) is 42.7 Å². The molecule has 0 unspecified atom stereocenters. The Balaban J connectivity index is 1.75. The molecule has 2 aromatic rings. The molecule has 0 aromatic carbocycles. The van der Waals surface area contributed by atoms with E-state index in [1.165, 1.54) is 16.0 Å². The maximum atomic E-state index is 13.1. The first-order valence-corrected chi connectivity index (χ1v) is 8.90. The number of nitrogens with zero attached hydrogens (tertiary/aromatic N) is 5. The minimum atomic E-state index is -0.577. The van der Waals surface area contributed by atoms with Gasteiger partial charge in [0.15, 0.2) is 11.6 Å². The standard InChI is InChI=1S/C18H19ClFN5O2/c1-11(2)16-10-25(17-22-7-13(20)8-23-17)18(27)24(16)9-15(26)6-14-5-12(19)3-4-21-14/h3-5,7-8,11,16H,6,9-10H2,1-2H3/t16-/m1/s1. The van der Waals surface area contributed by atoms with Crippen LogP contribution >= 0.6 is 11.6 Å². The van der Waals surface area contributed by atoms with Crippen LogP contribution in [-0.2, 0) is 11.2 Å². The highest BCUT2D eigenvalue weighted by Gasteiger charge is 2.41. The molecule has 9 heteroatoms. The van der Waals surface area contributed by atoms with Crippen LogP contribution in [0.2, 0.25) is 5.02 Å². The number of carbonyl (C=O) groups excluding carboxylic acids is 2. The van der Waals surface area contributed by atoms with Crippen LogP contribution in [0.5, 0.6) is 0 Å². The second kappa shape index (κ2) is 7.96. The Bertz CT molecular complexity index is 846. The number of hydrogen-bond donors (Lipinski definition) is 0. The van der Waals surface area contributed by atoms with Gasteiger partial charge in [0.1, 0.15) is 0 Å². The van der Waals surface area contributed by atoms with Gasteiger partial charge in [-0.15, -0.1) is 0 Å². The second-order valence-electron chi connectivity index (χ2n) is 6.71. The lowest BCUT2D eigenvalue weighted by molar-refractivity contribution is -0.119. The predicted octanol–water partition coefficient (Wildman–Crippen LogP) is 2.74. The average Bonchev–Trinajstić information content (AvgIpc) is 2.92. The summed E-state index contributed by atoms with van der Waals surface area (Å²) < 4.78 is 13.1. The molecule has 142 valence electrons. The number of carbonyl (C=O) groups is 2. The van der Waals surface area contributed by atoms with Gasteiger partial charge in [0.25, 0.3) is 0 Å². The van der Waals surface area contributed by atoms with Crippen LogP contribution in [0, 0.1) is 11.7 Å². The van der Waals surface area contributed by atoms with Crippen molar-refractivity contribution in [1.29, 1.82) is 0 Å². The van der Waals surface area contributed by atoms with Crippen molar-refractivity contribution in [3.63, 3.8) is 0 Å². The van der Waals surface area contributed by atoms with E-state index >= 15 is 0 Å². The maximum Gasteiger partial charge on any atom is 0.327 e. The summed E-state index contributed by atoms with van der Waals surface area (Å²) in [6.07, 6.45) is 3.65. The van der Waals surface area contributed by atoms with Gasteiger partial charge in [0.2, 0.25) is 5.95 Å². The lowest BCUT2D eigenvalue weighted by atomic mass is 10.0. The molecule has 0 N–H and O–H groups in total. The number of anilines is 1. The Morgan fingerprint density at radius 2 is 2.04 bits per heavy atom. The van der Waals surface area contributed by atoms with Crippen molar-refractivity contribution < 1.29 is 14.0 Å². The van der Waals surface area contributed by atoms with E-state index in [1.807, 2.05) is 13.8 Å². The van der Waals surface area contributed by atoms with Crippen LogP contribution in [0.3, 0.4) is 0 Å². The first-order chi connectivity index (χ1) is 12.8. The summed E-state index contributed by atoms with van der Waals surface area (Å²) in [5.74, 6) is -0.479. The van der Waals surface area contributed by atoms with Crippen LogP contribution in [-0.4, -0.2) is 50.8 Å². The monoisotopic (exact) mass is 391 g/mol. The lowest BCUT2D eigenvalue weighted by Crippen LogP contribution is -2.41. The lowest BCUT2D eigenvalue weighted by Gasteiger charge is -2.25. The fourth-order valence-electron chi connectivity index (χ4n) is 3.02. The molecule has 1 fully saturated rings. The average molecular weight is 392 g/mol. The fraction of sp³-hybridized carbons (Fsp3) is 0.389. The summed E-state index contributed by atoms with van der Waals surface area (Å²) >= 11 is 5.92. The number of halogens is 2. The molecule has 0 saturated carbocycles. The Morgan fingerprint density at radius 3 is 2.67 bits per heavy atom. The van der Waals surface area contributed by atoms with Gasteiger partial charge in [-0.2, -0.15) is 0 Å². The van der Waals surface area contributed by atoms with Gasteiger partial charge < -0.3 is 4.90 Å². The van der Waals surface area contributed by atoms with Gasteiger partial charge in [0, 0.05) is 16.9 Å². The largest absolute Gasteiger partial charge is 0.327 e. The smallest absolute Gasteiger partial charge is 0.312 e. The van der Waals surface area contributed by atoms with Crippen molar-refractivity contribution in [3.8, 4) is 0 Å². The van der Waals surface area contributed by atoms with Crippen molar-refractivity contribution in [2.75, 3.05) is 18.0 Å². The third-order valence-corrected chi connectivity index (χ3v) is 4.60. The Kier molecular flexibility index (Phi) is 5.65. The van der Waals surface area contributed by atoms with E-state index < -0.39 is 5.82 Å². The minimum absolute atomic E-state index is 0.0480. The maximum absolute atomic E-state index is 13.1. The zero-order chi connectivity index (χ0) is 19.6. The summed E-state index contributed by atoms with van der Waals surface area (Å²) in [5, 5.41) is 0.504. The molecule has 0 radical (unpaired) electrons. The normalized spacial score (nSPS) is 17.1. The van der Waals surface area contributed by atoms with E-state index in [4.69, 9.17) is 11.6 Å². The van der Waals surface area contributed by atoms with Crippen LogP contribution < -0.4 is 4.90 Å². The number of pyridine rings is 1. The van der Waals surface area contributed by atoms with Gasteiger partial charge in [-0.1, -0.05) is 25.4 Å². The Hall–Kier alpha value is -2.61. The first kappa shape index (κ1) is 19.2. The highest BCUT2D eigenvalue weighted by atomic mass is 35.5. The molecule has 1 aliphatic heterocycles. The molecule has 27 heavy (non-hydrogen) atoms. The van der Waals surface area contributed by atoms with Crippen molar-refractivity contribution in [3.05, 3.63) is 47.3 Å². The third kappa shape index (κ3) is 4.39. The molecule has 1 aliphatic rings. The van der Waals surface area contributed by atoms with Gasteiger partial charge in [-0.05, 0) is 18.1 Å². The number of rotatable bonds is 6. The summed E-state index contributed by atoms with van der Waals surface area (Å²) in [6.45, 7) is 4.24. The van der Waals surface area contributed by atoms with E-state index in [1.54, 1.807) is 12.1 Å². The second-order valence-corrected chi connectivity index (χ2v) is 7.15. The summed E-state index contributed by atoms with van der Waals surface area (Å²) in [5.41, 5.74) is 0.555. The van der Waals surface area contributed by atoms with E-state index in [0.29, 0.717) is 17.3 Å². The molecule has 0 bridgehead atoms.